The summed E-state index contributed by atoms with van der Waals surface area (Å²) < 4.78 is 13.7. The monoisotopic (exact) mass is 309 g/mol. The Balaban J connectivity index is 2.06. The molecule has 0 unspecified atom stereocenters. The summed E-state index contributed by atoms with van der Waals surface area (Å²) in [7, 11) is 0. The molecular formula is C14H13BrFNO. The molecule has 0 heterocycles. The summed E-state index contributed by atoms with van der Waals surface area (Å²) in [4.78, 5) is 0. The van der Waals surface area contributed by atoms with E-state index in [-0.39, 0.29) is 12.4 Å². The van der Waals surface area contributed by atoms with Crippen LogP contribution in [0, 0.1) is 5.82 Å². The first-order valence-electron chi connectivity index (χ1n) is 5.56. The molecule has 2 aromatic rings. The molecule has 0 aliphatic carbocycles. The van der Waals surface area contributed by atoms with Crippen LogP contribution in [0.2, 0.25) is 0 Å². The first-order valence-corrected chi connectivity index (χ1v) is 6.36. The van der Waals surface area contributed by atoms with Crippen LogP contribution in [0.4, 0.5) is 10.1 Å². The third-order valence-electron chi connectivity index (χ3n) is 2.61. The maximum Gasteiger partial charge on any atom is 0.124 e. The van der Waals surface area contributed by atoms with Gasteiger partial charge in [0.2, 0.25) is 0 Å². The maximum absolute atomic E-state index is 12.9. The minimum Gasteiger partial charge on any atom is -0.392 e. The predicted molar refractivity (Wildman–Crippen MR) is 73.8 cm³/mol. The molecule has 94 valence electrons. The average molecular weight is 310 g/mol. The van der Waals surface area contributed by atoms with Gasteiger partial charge in [-0.05, 0) is 35.4 Å². The van der Waals surface area contributed by atoms with Crippen LogP contribution < -0.4 is 5.32 Å². The van der Waals surface area contributed by atoms with Gasteiger partial charge in [0.1, 0.15) is 5.82 Å². The van der Waals surface area contributed by atoms with Gasteiger partial charge in [-0.25, -0.2) is 4.39 Å². The van der Waals surface area contributed by atoms with Crippen molar-refractivity contribution in [3.63, 3.8) is 0 Å². The Kier molecular flexibility index (Phi) is 4.33. The highest BCUT2D eigenvalue weighted by molar-refractivity contribution is 9.10. The van der Waals surface area contributed by atoms with Crippen molar-refractivity contribution in [2.24, 2.45) is 0 Å². The van der Waals surface area contributed by atoms with Gasteiger partial charge >= 0.3 is 0 Å². The Morgan fingerprint density at radius 2 is 2.00 bits per heavy atom. The Bertz CT molecular complexity index is 545. The lowest BCUT2D eigenvalue weighted by molar-refractivity contribution is 0.282. The second kappa shape index (κ2) is 5.98. The first kappa shape index (κ1) is 13.1. The van der Waals surface area contributed by atoms with Crippen molar-refractivity contribution in [3.8, 4) is 0 Å². The molecule has 2 aromatic carbocycles. The molecule has 4 heteroatoms. The fourth-order valence-corrected chi connectivity index (χ4v) is 2.13. The van der Waals surface area contributed by atoms with Gasteiger partial charge in [0.15, 0.2) is 0 Å². The predicted octanol–water partition coefficient (Wildman–Crippen LogP) is 3.69. The van der Waals surface area contributed by atoms with Crippen LogP contribution >= 0.6 is 15.9 Å². The van der Waals surface area contributed by atoms with Crippen molar-refractivity contribution in [2.45, 2.75) is 13.2 Å². The summed E-state index contributed by atoms with van der Waals surface area (Å²) in [6.07, 6.45) is 0. The van der Waals surface area contributed by atoms with E-state index in [0.717, 1.165) is 21.3 Å². The molecule has 0 aromatic heterocycles. The Hall–Kier alpha value is -1.39. The highest BCUT2D eigenvalue weighted by Gasteiger charge is 2.01. The second-order valence-corrected chi connectivity index (χ2v) is 4.80. The third-order valence-corrected chi connectivity index (χ3v) is 3.35. The number of halogens is 2. The number of aliphatic hydroxyl groups excluding tert-OH is 1. The highest BCUT2D eigenvalue weighted by Crippen LogP contribution is 2.19. The molecule has 0 fully saturated rings. The van der Waals surface area contributed by atoms with Gasteiger partial charge in [-0.2, -0.15) is 0 Å². The van der Waals surface area contributed by atoms with E-state index in [2.05, 4.69) is 21.2 Å². The van der Waals surface area contributed by atoms with E-state index in [1.807, 2.05) is 24.3 Å². The molecule has 0 radical (unpaired) electrons. The highest BCUT2D eigenvalue weighted by atomic mass is 79.9. The number of benzene rings is 2. The van der Waals surface area contributed by atoms with Gasteiger partial charge < -0.3 is 10.4 Å². The Labute approximate surface area is 114 Å². The van der Waals surface area contributed by atoms with E-state index >= 15 is 0 Å². The van der Waals surface area contributed by atoms with Gasteiger partial charge in [0, 0.05) is 16.7 Å². The zero-order chi connectivity index (χ0) is 13.0. The molecular weight excluding hydrogens is 297 g/mol. The van der Waals surface area contributed by atoms with Crippen molar-refractivity contribution < 1.29 is 9.50 Å². The lowest BCUT2D eigenvalue weighted by atomic mass is 10.2. The van der Waals surface area contributed by atoms with Gasteiger partial charge in [-0.1, -0.05) is 34.1 Å². The smallest absolute Gasteiger partial charge is 0.124 e. The van der Waals surface area contributed by atoms with Gasteiger partial charge in [0.05, 0.1) is 6.61 Å². The minimum atomic E-state index is -0.257. The lowest BCUT2D eigenvalue weighted by Gasteiger charge is -2.09. The van der Waals surface area contributed by atoms with E-state index in [0.29, 0.717) is 6.54 Å². The fourth-order valence-electron chi connectivity index (χ4n) is 1.64. The standard InChI is InChI=1S/C14H13BrFNO/c15-14-7-12(16)5-4-11(14)8-17-13-3-1-2-10(6-13)9-18/h1-7,17-18H,8-9H2. The number of rotatable bonds is 4. The van der Waals surface area contributed by atoms with E-state index in [1.165, 1.54) is 12.1 Å². The molecule has 2 N–H and O–H groups in total. The van der Waals surface area contributed by atoms with Crippen molar-refractivity contribution in [1.82, 2.24) is 0 Å². The van der Waals surface area contributed by atoms with E-state index in [1.54, 1.807) is 6.07 Å². The SMILES string of the molecule is OCc1cccc(NCc2ccc(F)cc2Br)c1. The summed E-state index contributed by atoms with van der Waals surface area (Å²) in [6.45, 7) is 0.617. The van der Waals surface area contributed by atoms with Crippen LogP contribution in [0.5, 0.6) is 0 Å². The van der Waals surface area contributed by atoms with Crippen LogP contribution in [0.15, 0.2) is 46.9 Å². The van der Waals surface area contributed by atoms with Gasteiger partial charge in [-0.15, -0.1) is 0 Å². The van der Waals surface area contributed by atoms with Crippen LogP contribution in [-0.2, 0) is 13.2 Å². The largest absolute Gasteiger partial charge is 0.392 e. The van der Waals surface area contributed by atoms with E-state index in [4.69, 9.17) is 5.11 Å². The number of aliphatic hydroxyl groups is 1. The summed E-state index contributed by atoms with van der Waals surface area (Å²) in [6, 6.07) is 12.2. The number of hydrogen-bond acceptors (Lipinski definition) is 2. The molecule has 0 saturated carbocycles. The molecule has 0 amide bonds. The van der Waals surface area contributed by atoms with Crippen LogP contribution in [-0.4, -0.2) is 5.11 Å². The fraction of sp³-hybridized carbons (Fsp3) is 0.143. The summed E-state index contributed by atoms with van der Waals surface area (Å²) in [5.74, 6) is -0.257. The lowest BCUT2D eigenvalue weighted by Crippen LogP contribution is -2.01. The molecule has 0 aliphatic heterocycles. The summed E-state index contributed by atoms with van der Waals surface area (Å²) >= 11 is 3.33. The average Bonchev–Trinajstić information content (AvgIpc) is 2.38. The van der Waals surface area contributed by atoms with Crippen LogP contribution in [0.25, 0.3) is 0 Å². The molecule has 0 bridgehead atoms. The summed E-state index contributed by atoms with van der Waals surface area (Å²) in [5.41, 5.74) is 2.77. The summed E-state index contributed by atoms with van der Waals surface area (Å²) in [5, 5.41) is 12.3. The zero-order valence-electron chi connectivity index (χ0n) is 9.66. The maximum atomic E-state index is 12.9. The molecule has 0 spiro atoms. The number of hydrogen-bond donors (Lipinski definition) is 2. The van der Waals surface area contributed by atoms with Crippen molar-refractivity contribution >= 4 is 21.6 Å². The molecule has 18 heavy (non-hydrogen) atoms. The quantitative estimate of drug-likeness (QED) is 0.902. The molecule has 0 saturated heterocycles. The number of anilines is 1. The minimum absolute atomic E-state index is 0.0236. The van der Waals surface area contributed by atoms with Crippen LogP contribution in [0.1, 0.15) is 11.1 Å². The normalized spacial score (nSPS) is 10.4. The van der Waals surface area contributed by atoms with Crippen molar-refractivity contribution in [2.75, 3.05) is 5.32 Å². The van der Waals surface area contributed by atoms with Gasteiger partial charge in [-0.3, -0.25) is 0 Å². The molecule has 0 aliphatic rings. The molecule has 0 atom stereocenters. The second-order valence-electron chi connectivity index (χ2n) is 3.95. The first-order chi connectivity index (χ1) is 8.69. The van der Waals surface area contributed by atoms with Gasteiger partial charge in [0.25, 0.3) is 0 Å². The van der Waals surface area contributed by atoms with Crippen LogP contribution in [0.3, 0.4) is 0 Å². The Morgan fingerprint density at radius 3 is 2.72 bits per heavy atom. The van der Waals surface area contributed by atoms with E-state index < -0.39 is 0 Å². The topological polar surface area (TPSA) is 32.3 Å². The van der Waals surface area contributed by atoms with Crippen molar-refractivity contribution in [1.29, 1.82) is 0 Å². The third kappa shape index (κ3) is 3.31. The van der Waals surface area contributed by atoms with E-state index in [9.17, 15) is 4.39 Å². The zero-order valence-corrected chi connectivity index (χ0v) is 11.2. The van der Waals surface area contributed by atoms with Crippen molar-refractivity contribution in [3.05, 3.63) is 63.9 Å². The molecule has 2 rings (SSSR count). The molecule has 2 nitrogen and oxygen atoms in total. The Morgan fingerprint density at radius 1 is 1.17 bits per heavy atom. The number of nitrogens with one attached hydrogen (secondary N) is 1.